The molecule has 2 aliphatic rings. The Morgan fingerprint density at radius 1 is 1.26 bits per heavy atom. The minimum absolute atomic E-state index is 0.0616. The zero-order chi connectivity index (χ0) is 24.5. The second kappa shape index (κ2) is 10.2. The number of carbonyl (C=O) groups is 1. The van der Waals surface area contributed by atoms with Crippen molar-refractivity contribution in [2.75, 3.05) is 38.3 Å². The second-order valence-corrected chi connectivity index (χ2v) is 12.0. The Kier molecular flexibility index (Phi) is 7.46. The molecule has 1 aromatic carbocycles. The third-order valence-corrected chi connectivity index (χ3v) is 8.95. The Bertz CT molecular complexity index is 1210. The average Bonchev–Trinajstić information content (AvgIpc) is 3.35. The first-order valence-electron chi connectivity index (χ1n) is 11.0. The van der Waals surface area contributed by atoms with E-state index >= 15 is 0 Å². The third-order valence-electron chi connectivity index (χ3n) is 5.90. The Morgan fingerprint density at radius 3 is 2.59 bits per heavy atom. The number of hydrogen-bond donors (Lipinski definition) is 0. The number of piperidine rings is 1. The van der Waals surface area contributed by atoms with Crippen LogP contribution in [0, 0.1) is 12.8 Å². The number of thiocarbonyl (C=S) groups is 1. The van der Waals surface area contributed by atoms with Gasteiger partial charge < -0.3 is 14.1 Å². The van der Waals surface area contributed by atoms with E-state index in [-0.39, 0.29) is 27.6 Å². The standard InChI is InChI=1S/C23H27N3O5S3/c1-15-4-6-17(7-5-15)34(28,29)20-22(25-10-8-16(2)9-11-25)31-19(24-20)14-18-21(27)26(12-13-30-3)23(32)33-18/h4-7,14,16H,8-13H2,1-3H3. The number of methoxy groups -OCH3 is 1. The van der Waals surface area contributed by atoms with Crippen molar-refractivity contribution < 1.29 is 22.4 Å². The highest BCUT2D eigenvalue weighted by Crippen LogP contribution is 2.36. The number of amides is 1. The first kappa shape index (κ1) is 24.9. The summed E-state index contributed by atoms with van der Waals surface area (Å²) in [4.78, 5) is 21.0. The summed E-state index contributed by atoms with van der Waals surface area (Å²) in [6, 6.07) is 6.65. The van der Waals surface area contributed by atoms with Gasteiger partial charge >= 0.3 is 0 Å². The maximum atomic E-state index is 13.5. The molecule has 0 bridgehead atoms. The number of benzene rings is 1. The number of aromatic nitrogens is 1. The van der Waals surface area contributed by atoms with Crippen molar-refractivity contribution in [3.8, 4) is 0 Å². The van der Waals surface area contributed by atoms with Crippen LogP contribution in [0.5, 0.6) is 0 Å². The first-order valence-corrected chi connectivity index (χ1v) is 13.7. The van der Waals surface area contributed by atoms with Gasteiger partial charge in [0.25, 0.3) is 5.91 Å². The molecule has 2 fully saturated rings. The van der Waals surface area contributed by atoms with Gasteiger partial charge in [0.2, 0.25) is 26.6 Å². The van der Waals surface area contributed by atoms with Gasteiger partial charge in [-0.3, -0.25) is 9.69 Å². The molecule has 1 amide bonds. The highest BCUT2D eigenvalue weighted by molar-refractivity contribution is 8.26. The quantitative estimate of drug-likeness (QED) is 0.397. The predicted molar refractivity (Wildman–Crippen MR) is 135 cm³/mol. The molecule has 0 saturated carbocycles. The topological polar surface area (TPSA) is 92.9 Å². The summed E-state index contributed by atoms with van der Waals surface area (Å²) in [5.41, 5.74) is 0.959. The van der Waals surface area contributed by atoms with Gasteiger partial charge in [0.15, 0.2) is 0 Å². The van der Waals surface area contributed by atoms with Crippen molar-refractivity contribution >= 4 is 56.0 Å². The summed E-state index contributed by atoms with van der Waals surface area (Å²) in [7, 11) is -2.37. The van der Waals surface area contributed by atoms with Gasteiger partial charge in [-0.05, 0) is 37.8 Å². The molecule has 0 unspecified atom stereocenters. The van der Waals surface area contributed by atoms with Crippen molar-refractivity contribution in [2.45, 2.75) is 36.6 Å². The summed E-state index contributed by atoms with van der Waals surface area (Å²) < 4.78 is 38.5. The van der Waals surface area contributed by atoms with E-state index < -0.39 is 9.84 Å². The number of anilines is 1. The number of hydrogen-bond acceptors (Lipinski definition) is 9. The fraction of sp³-hybridized carbons (Fsp3) is 0.435. The van der Waals surface area contributed by atoms with Crippen LogP contribution in [0.4, 0.5) is 5.88 Å². The zero-order valence-corrected chi connectivity index (χ0v) is 21.8. The fourth-order valence-electron chi connectivity index (χ4n) is 3.78. The van der Waals surface area contributed by atoms with Crippen molar-refractivity contribution in [1.82, 2.24) is 9.88 Å². The van der Waals surface area contributed by atoms with E-state index in [1.807, 2.05) is 11.8 Å². The number of carbonyl (C=O) groups excluding carboxylic acids is 1. The van der Waals surface area contributed by atoms with Gasteiger partial charge in [-0.15, -0.1) is 0 Å². The molecule has 0 atom stereocenters. The summed E-state index contributed by atoms with van der Waals surface area (Å²) in [5.74, 6) is 0.561. The Balaban J connectivity index is 1.73. The highest BCUT2D eigenvalue weighted by Gasteiger charge is 2.35. The van der Waals surface area contributed by atoms with Crippen LogP contribution < -0.4 is 4.90 Å². The molecule has 34 heavy (non-hydrogen) atoms. The zero-order valence-electron chi connectivity index (χ0n) is 19.3. The van der Waals surface area contributed by atoms with Crippen LogP contribution in [0.15, 0.2) is 43.5 Å². The summed E-state index contributed by atoms with van der Waals surface area (Å²) >= 11 is 6.45. The molecule has 3 heterocycles. The predicted octanol–water partition coefficient (Wildman–Crippen LogP) is 3.90. The molecule has 0 radical (unpaired) electrons. The molecule has 1 aromatic heterocycles. The molecule has 0 N–H and O–H groups in total. The van der Waals surface area contributed by atoms with Crippen LogP contribution in [0.25, 0.3) is 6.08 Å². The van der Waals surface area contributed by atoms with Gasteiger partial charge in [-0.2, -0.15) is 4.98 Å². The lowest BCUT2D eigenvalue weighted by atomic mass is 9.99. The third kappa shape index (κ3) is 5.07. The maximum absolute atomic E-state index is 13.5. The molecular weight excluding hydrogens is 494 g/mol. The van der Waals surface area contributed by atoms with Gasteiger partial charge in [0, 0.05) is 26.3 Å². The van der Waals surface area contributed by atoms with Crippen LogP contribution in [0.1, 0.15) is 31.2 Å². The van der Waals surface area contributed by atoms with Crippen LogP contribution in [0.2, 0.25) is 0 Å². The van der Waals surface area contributed by atoms with E-state index in [2.05, 4.69) is 11.9 Å². The Hall–Kier alpha value is -2.21. The molecule has 2 saturated heterocycles. The Labute approximate surface area is 209 Å². The lowest BCUT2D eigenvalue weighted by Gasteiger charge is -2.30. The molecule has 182 valence electrons. The van der Waals surface area contributed by atoms with Crippen LogP contribution in [-0.4, -0.2) is 61.9 Å². The first-order chi connectivity index (χ1) is 16.2. The fourth-order valence-corrected chi connectivity index (χ4v) is 6.38. The number of oxazole rings is 1. The lowest BCUT2D eigenvalue weighted by Crippen LogP contribution is -2.33. The minimum atomic E-state index is -3.93. The molecule has 0 aliphatic carbocycles. The molecule has 0 spiro atoms. The van der Waals surface area contributed by atoms with E-state index in [0.717, 1.165) is 30.2 Å². The summed E-state index contributed by atoms with van der Waals surface area (Å²) in [6.45, 7) is 6.12. The van der Waals surface area contributed by atoms with Crippen molar-refractivity contribution in [1.29, 1.82) is 0 Å². The number of aryl methyl sites for hydroxylation is 1. The SMILES string of the molecule is COCCN1C(=O)C(=Cc2nc(S(=O)(=O)c3ccc(C)cc3)c(N3CCC(C)CC3)o2)SC1=S. The van der Waals surface area contributed by atoms with E-state index in [1.54, 1.807) is 31.4 Å². The van der Waals surface area contributed by atoms with E-state index in [9.17, 15) is 13.2 Å². The van der Waals surface area contributed by atoms with E-state index in [1.165, 1.54) is 11.0 Å². The lowest BCUT2D eigenvalue weighted by molar-refractivity contribution is -0.122. The normalized spacial score (nSPS) is 19.0. The molecule has 11 heteroatoms. The van der Waals surface area contributed by atoms with Crippen LogP contribution in [0.3, 0.4) is 0 Å². The largest absolute Gasteiger partial charge is 0.420 e. The second-order valence-electron chi connectivity index (χ2n) is 8.47. The summed E-state index contributed by atoms with van der Waals surface area (Å²) in [5, 5.41) is -0.132. The molecule has 4 rings (SSSR count). The number of thioether (sulfide) groups is 1. The van der Waals surface area contributed by atoms with Crippen molar-refractivity contribution in [3.05, 3.63) is 40.6 Å². The molecule has 2 aromatic rings. The van der Waals surface area contributed by atoms with Gasteiger partial charge in [-0.25, -0.2) is 8.42 Å². The van der Waals surface area contributed by atoms with E-state index in [0.29, 0.717) is 41.4 Å². The average molecular weight is 522 g/mol. The number of nitrogens with zero attached hydrogens (tertiary/aromatic N) is 3. The van der Waals surface area contributed by atoms with Gasteiger partial charge in [0.05, 0.1) is 23.0 Å². The van der Waals surface area contributed by atoms with Crippen molar-refractivity contribution in [3.63, 3.8) is 0 Å². The number of sulfone groups is 1. The molecular formula is C23H27N3O5S3. The maximum Gasteiger partial charge on any atom is 0.266 e. The van der Waals surface area contributed by atoms with Gasteiger partial charge in [0.1, 0.15) is 4.32 Å². The monoisotopic (exact) mass is 521 g/mol. The summed E-state index contributed by atoms with van der Waals surface area (Å²) in [6.07, 6.45) is 3.33. The highest BCUT2D eigenvalue weighted by atomic mass is 32.2. The van der Waals surface area contributed by atoms with Gasteiger partial charge in [-0.1, -0.05) is 48.6 Å². The smallest absolute Gasteiger partial charge is 0.266 e. The van der Waals surface area contributed by atoms with Crippen molar-refractivity contribution in [2.24, 2.45) is 5.92 Å². The number of rotatable bonds is 7. The number of ether oxygens (including phenoxy) is 1. The molecule has 2 aliphatic heterocycles. The van der Waals surface area contributed by atoms with Crippen LogP contribution in [-0.2, 0) is 19.4 Å². The Morgan fingerprint density at radius 2 is 1.94 bits per heavy atom. The van der Waals surface area contributed by atoms with Crippen LogP contribution >= 0.6 is 24.0 Å². The van der Waals surface area contributed by atoms with E-state index in [4.69, 9.17) is 21.4 Å². The molecule has 8 nitrogen and oxygen atoms in total. The minimum Gasteiger partial charge on any atom is -0.420 e.